The third-order valence-electron chi connectivity index (χ3n) is 4.10. The lowest BCUT2D eigenvalue weighted by molar-refractivity contribution is 0.0849. The quantitative estimate of drug-likeness (QED) is 0.728. The van der Waals surface area contributed by atoms with Gasteiger partial charge in [-0.05, 0) is 29.0 Å². The smallest absolute Gasteiger partial charge is 0.170 e. The summed E-state index contributed by atoms with van der Waals surface area (Å²) in [6, 6.07) is 18.6. The van der Waals surface area contributed by atoms with E-state index in [0.29, 0.717) is 16.9 Å². The normalized spacial score (nSPS) is 17.1. The molecule has 1 N–H and O–H groups in total. The van der Waals surface area contributed by atoms with Crippen LogP contribution in [0.5, 0.6) is 11.5 Å². The number of hydrogen-bond donors (Lipinski definition) is 1. The molecule has 0 fully saturated rings. The van der Waals surface area contributed by atoms with Crippen molar-refractivity contribution in [2.24, 2.45) is 0 Å². The molecule has 0 bridgehead atoms. The molecule has 1 aliphatic heterocycles. The number of benzene rings is 3. The van der Waals surface area contributed by atoms with Gasteiger partial charge in [0.05, 0.1) is 12.0 Å². The summed E-state index contributed by atoms with van der Waals surface area (Å²) in [5.74, 6) is 0.783. The standard InChI is InChI=1S/C19H14O3/c20-15-10-9-12-5-1-2-6-13(12)19(15)18-11-16(21)14-7-3-4-8-17(14)22-18/h1-10,18,20H,11H2. The SMILES string of the molecule is O=C1CC(c2c(O)ccc3ccccc23)Oc2ccccc21. The number of carbonyl (C=O) groups is 1. The minimum atomic E-state index is -0.464. The van der Waals surface area contributed by atoms with E-state index in [0.717, 1.165) is 10.8 Å². The Labute approximate surface area is 127 Å². The monoisotopic (exact) mass is 290 g/mol. The van der Waals surface area contributed by atoms with E-state index in [-0.39, 0.29) is 18.0 Å². The molecule has 3 nitrogen and oxygen atoms in total. The van der Waals surface area contributed by atoms with Crippen molar-refractivity contribution in [2.45, 2.75) is 12.5 Å². The second-order valence-electron chi connectivity index (χ2n) is 5.45. The Morgan fingerprint density at radius 1 is 0.955 bits per heavy atom. The number of Topliss-reactive ketones (excluding diaryl/α,β-unsaturated/α-hetero) is 1. The van der Waals surface area contributed by atoms with Crippen LogP contribution in [0.4, 0.5) is 0 Å². The van der Waals surface area contributed by atoms with Gasteiger partial charge in [0.25, 0.3) is 0 Å². The zero-order valence-electron chi connectivity index (χ0n) is 11.8. The maximum Gasteiger partial charge on any atom is 0.170 e. The summed E-state index contributed by atoms with van der Waals surface area (Å²) in [5, 5.41) is 12.2. The molecule has 0 radical (unpaired) electrons. The summed E-state index contributed by atoms with van der Waals surface area (Å²) in [6.07, 6.45) is -0.230. The first-order valence-electron chi connectivity index (χ1n) is 7.23. The molecule has 1 atom stereocenters. The maximum absolute atomic E-state index is 12.4. The average Bonchev–Trinajstić information content (AvgIpc) is 2.54. The van der Waals surface area contributed by atoms with Crippen LogP contribution in [-0.4, -0.2) is 10.9 Å². The minimum absolute atomic E-state index is 0.0409. The average molecular weight is 290 g/mol. The van der Waals surface area contributed by atoms with Gasteiger partial charge in [-0.1, -0.05) is 42.5 Å². The molecule has 0 aromatic heterocycles. The predicted octanol–water partition coefficient (Wildman–Crippen LogP) is 4.25. The van der Waals surface area contributed by atoms with Gasteiger partial charge in [-0.15, -0.1) is 0 Å². The van der Waals surface area contributed by atoms with Gasteiger partial charge in [0, 0.05) is 5.56 Å². The van der Waals surface area contributed by atoms with E-state index in [4.69, 9.17) is 4.74 Å². The largest absolute Gasteiger partial charge is 0.508 e. The molecule has 0 aliphatic carbocycles. The van der Waals surface area contributed by atoms with Crippen LogP contribution < -0.4 is 4.74 Å². The van der Waals surface area contributed by atoms with Crippen molar-refractivity contribution in [3.05, 3.63) is 71.8 Å². The van der Waals surface area contributed by atoms with Crippen molar-refractivity contribution >= 4 is 16.6 Å². The van der Waals surface area contributed by atoms with Crippen LogP contribution in [-0.2, 0) is 0 Å². The van der Waals surface area contributed by atoms with Crippen LogP contribution in [0.3, 0.4) is 0 Å². The number of aromatic hydroxyl groups is 1. The molecular formula is C19H14O3. The molecule has 0 saturated carbocycles. The van der Waals surface area contributed by atoms with E-state index in [1.165, 1.54) is 0 Å². The molecule has 1 aliphatic rings. The Bertz CT molecular complexity index is 883. The van der Waals surface area contributed by atoms with Gasteiger partial charge in [-0.3, -0.25) is 4.79 Å². The molecule has 108 valence electrons. The van der Waals surface area contributed by atoms with Gasteiger partial charge in [0.15, 0.2) is 5.78 Å². The van der Waals surface area contributed by atoms with Gasteiger partial charge < -0.3 is 9.84 Å². The Balaban J connectivity index is 1.87. The topological polar surface area (TPSA) is 46.5 Å². The fourth-order valence-electron chi connectivity index (χ4n) is 3.06. The first-order chi connectivity index (χ1) is 10.7. The predicted molar refractivity (Wildman–Crippen MR) is 84.4 cm³/mol. The number of para-hydroxylation sites is 1. The van der Waals surface area contributed by atoms with E-state index in [2.05, 4.69) is 0 Å². The highest BCUT2D eigenvalue weighted by atomic mass is 16.5. The zero-order chi connectivity index (χ0) is 15.1. The number of ketones is 1. The summed E-state index contributed by atoms with van der Waals surface area (Å²) in [4.78, 5) is 12.4. The van der Waals surface area contributed by atoms with Crippen LogP contribution in [0, 0.1) is 0 Å². The summed E-state index contributed by atoms with van der Waals surface area (Å²) in [5.41, 5.74) is 1.29. The molecule has 1 unspecified atom stereocenters. The van der Waals surface area contributed by atoms with E-state index in [9.17, 15) is 9.90 Å². The third-order valence-corrected chi connectivity index (χ3v) is 4.10. The zero-order valence-corrected chi connectivity index (χ0v) is 11.8. The Morgan fingerprint density at radius 3 is 2.64 bits per heavy atom. The molecule has 3 aromatic rings. The highest BCUT2D eigenvalue weighted by Gasteiger charge is 2.30. The van der Waals surface area contributed by atoms with E-state index >= 15 is 0 Å². The van der Waals surface area contributed by atoms with Crippen LogP contribution in [0.15, 0.2) is 60.7 Å². The van der Waals surface area contributed by atoms with Crippen molar-refractivity contribution in [2.75, 3.05) is 0 Å². The van der Waals surface area contributed by atoms with Crippen molar-refractivity contribution in [3.8, 4) is 11.5 Å². The lowest BCUT2D eigenvalue weighted by atomic mass is 9.92. The number of phenols is 1. The fraction of sp³-hybridized carbons (Fsp3) is 0.105. The second kappa shape index (κ2) is 4.88. The van der Waals surface area contributed by atoms with E-state index in [1.54, 1.807) is 18.2 Å². The summed E-state index contributed by atoms with van der Waals surface area (Å²) in [7, 11) is 0. The van der Waals surface area contributed by atoms with E-state index < -0.39 is 6.10 Å². The summed E-state index contributed by atoms with van der Waals surface area (Å²) >= 11 is 0. The first kappa shape index (κ1) is 12.9. The number of fused-ring (bicyclic) bond motifs is 2. The second-order valence-corrected chi connectivity index (χ2v) is 5.45. The molecule has 1 heterocycles. The molecule has 22 heavy (non-hydrogen) atoms. The van der Waals surface area contributed by atoms with Crippen molar-refractivity contribution < 1.29 is 14.6 Å². The minimum Gasteiger partial charge on any atom is -0.508 e. The Morgan fingerprint density at radius 2 is 1.73 bits per heavy atom. The number of carbonyl (C=O) groups excluding carboxylic acids is 1. The Hall–Kier alpha value is -2.81. The van der Waals surface area contributed by atoms with Gasteiger partial charge in [0.1, 0.15) is 17.6 Å². The Kier molecular flexibility index (Phi) is 2.86. The van der Waals surface area contributed by atoms with Gasteiger partial charge in [-0.25, -0.2) is 0 Å². The van der Waals surface area contributed by atoms with Crippen molar-refractivity contribution in [1.82, 2.24) is 0 Å². The number of phenolic OH excluding ortho intramolecular Hbond substituents is 1. The summed E-state index contributed by atoms with van der Waals surface area (Å²) in [6.45, 7) is 0. The number of rotatable bonds is 1. The molecular weight excluding hydrogens is 276 g/mol. The highest BCUT2D eigenvalue weighted by Crippen LogP contribution is 2.40. The maximum atomic E-state index is 12.4. The van der Waals surface area contributed by atoms with Crippen LogP contribution >= 0.6 is 0 Å². The van der Waals surface area contributed by atoms with Crippen molar-refractivity contribution in [1.29, 1.82) is 0 Å². The number of hydrogen-bond acceptors (Lipinski definition) is 3. The lowest BCUT2D eigenvalue weighted by Gasteiger charge is -2.26. The third kappa shape index (κ3) is 1.94. The van der Waals surface area contributed by atoms with Gasteiger partial charge in [0.2, 0.25) is 0 Å². The van der Waals surface area contributed by atoms with Gasteiger partial charge in [-0.2, -0.15) is 0 Å². The molecule has 0 saturated heterocycles. The van der Waals surface area contributed by atoms with Gasteiger partial charge >= 0.3 is 0 Å². The highest BCUT2D eigenvalue weighted by molar-refractivity contribution is 6.00. The molecule has 3 heteroatoms. The van der Waals surface area contributed by atoms with Crippen LogP contribution in [0.25, 0.3) is 10.8 Å². The van der Waals surface area contributed by atoms with Crippen LogP contribution in [0.1, 0.15) is 28.4 Å². The summed E-state index contributed by atoms with van der Waals surface area (Å²) < 4.78 is 6.00. The molecule has 4 rings (SSSR count). The lowest BCUT2D eigenvalue weighted by Crippen LogP contribution is -2.20. The first-order valence-corrected chi connectivity index (χ1v) is 7.23. The van der Waals surface area contributed by atoms with Crippen molar-refractivity contribution in [3.63, 3.8) is 0 Å². The van der Waals surface area contributed by atoms with E-state index in [1.807, 2.05) is 42.5 Å². The van der Waals surface area contributed by atoms with Crippen LogP contribution in [0.2, 0.25) is 0 Å². The molecule has 0 spiro atoms. The number of ether oxygens (including phenoxy) is 1. The molecule has 0 amide bonds. The fourth-order valence-corrected chi connectivity index (χ4v) is 3.06. The molecule has 3 aromatic carbocycles.